The van der Waals surface area contributed by atoms with Crippen molar-refractivity contribution >= 4 is 11.6 Å². The molecule has 0 amide bonds. The summed E-state index contributed by atoms with van der Waals surface area (Å²) in [6, 6.07) is 16.0. The van der Waals surface area contributed by atoms with Crippen molar-refractivity contribution in [3.63, 3.8) is 0 Å². The van der Waals surface area contributed by atoms with Crippen LogP contribution in [0.1, 0.15) is 36.2 Å². The van der Waals surface area contributed by atoms with Crippen molar-refractivity contribution in [3.8, 4) is 5.75 Å². The maximum atomic E-state index is 12.2. The largest absolute Gasteiger partial charge is 0.483 e. The number of ether oxygens (including phenoxy) is 1. The van der Waals surface area contributed by atoms with E-state index in [1.165, 1.54) is 0 Å². The summed E-state index contributed by atoms with van der Waals surface area (Å²) in [5.41, 5.74) is 1.25. The van der Waals surface area contributed by atoms with Gasteiger partial charge >= 0.3 is 0 Å². The number of rotatable bonds is 6. The molecule has 0 saturated heterocycles. The van der Waals surface area contributed by atoms with E-state index in [2.05, 4.69) is 0 Å². The first-order chi connectivity index (χ1) is 10.1. The molecule has 0 heterocycles. The molecule has 3 heteroatoms. The summed E-state index contributed by atoms with van der Waals surface area (Å²) in [6.45, 7) is 3.54. The molecule has 0 saturated carbocycles. The molecule has 1 atom stereocenters. The van der Waals surface area contributed by atoms with Gasteiger partial charge in [-0.25, -0.2) is 0 Å². The molecule has 0 aliphatic carbocycles. The van der Waals surface area contributed by atoms with Gasteiger partial charge in [-0.3, -0.25) is 9.59 Å². The second-order valence-electron chi connectivity index (χ2n) is 4.80. The summed E-state index contributed by atoms with van der Waals surface area (Å²) in [4.78, 5) is 23.7. The number of ketones is 2. The summed E-state index contributed by atoms with van der Waals surface area (Å²) in [7, 11) is 0. The van der Waals surface area contributed by atoms with Crippen molar-refractivity contribution in [2.24, 2.45) is 0 Å². The molecule has 0 aromatic heterocycles. The molecule has 2 rings (SSSR count). The molecule has 2 aromatic rings. The van der Waals surface area contributed by atoms with E-state index < -0.39 is 6.10 Å². The zero-order valence-corrected chi connectivity index (χ0v) is 12.2. The Balaban J connectivity index is 2.09. The fourth-order valence-corrected chi connectivity index (χ4v) is 2.00. The van der Waals surface area contributed by atoms with E-state index >= 15 is 0 Å². The molecule has 3 nitrogen and oxygen atoms in total. The van der Waals surface area contributed by atoms with Gasteiger partial charge in [0, 0.05) is 17.5 Å². The number of hydrogen-bond donors (Lipinski definition) is 0. The average molecular weight is 282 g/mol. The normalized spacial score (nSPS) is 11.7. The maximum absolute atomic E-state index is 12.2. The molecule has 0 N–H and O–H groups in total. The highest BCUT2D eigenvalue weighted by Crippen LogP contribution is 2.17. The topological polar surface area (TPSA) is 43.4 Å². The lowest BCUT2D eigenvalue weighted by Crippen LogP contribution is -2.22. The van der Waals surface area contributed by atoms with E-state index in [0.717, 1.165) is 0 Å². The molecule has 0 aliphatic heterocycles. The Hall–Kier alpha value is -2.42. The predicted molar refractivity (Wildman–Crippen MR) is 81.7 cm³/mol. The van der Waals surface area contributed by atoms with Gasteiger partial charge in [-0.05, 0) is 31.2 Å². The number of carbonyl (C=O) groups excluding carboxylic acids is 2. The smallest absolute Gasteiger partial charge is 0.193 e. The minimum Gasteiger partial charge on any atom is -0.483 e. The molecular formula is C18H18O3. The van der Waals surface area contributed by atoms with Crippen molar-refractivity contribution in [1.82, 2.24) is 0 Å². The Morgan fingerprint density at radius 3 is 2.10 bits per heavy atom. The summed E-state index contributed by atoms with van der Waals surface area (Å²) in [5, 5.41) is 0. The van der Waals surface area contributed by atoms with Crippen LogP contribution >= 0.6 is 0 Å². The third-order valence-electron chi connectivity index (χ3n) is 3.27. The second-order valence-corrected chi connectivity index (χ2v) is 4.80. The highest BCUT2D eigenvalue weighted by molar-refractivity contribution is 6.08. The SMILES string of the molecule is CCC(=O)C(C)Oc1ccc(C(=O)c2ccccc2)cc1. The monoisotopic (exact) mass is 282 g/mol. The van der Waals surface area contributed by atoms with Crippen LogP contribution in [0.15, 0.2) is 54.6 Å². The highest BCUT2D eigenvalue weighted by Gasteiger charge is 2.13. The number of hydrogen-bond acceptors (Lipinski definition) is 3. The minimum atomic E-state index is -0.467. The van der Waals surface area contributed by atoms with Gasteiger partial charge in [-0.2, -0.15) is 0 Å². The Bertz CT molecular complexity index is 615. The van der Waals surface area contributed by atoms with Crippen molar-refractivity contribution in [1.29, 1.82) is 0 Å². The first kappa shape index (κ1) is 15.0. The van der Waals surface area contributed by atoms with E-state index in [1.54, 1.807) is 43.3 Å². The van der Waals surface area contributed by atoms with Crippen LogP contribution in [-0.2, 0) is 4.79 Å². The molecular weight excluding hydrogens is 264 g/mol. The Kier molecular flexibility index (Phi) is 4.88. The third kappa shape index (κ3) is 3.78. The molecule has 2 aromatic carbocycles. The quantitative estimate of drug-likeness (QED) is 0.759. The number of carbonyl (C=O) groups is 2. The van der Waals surface area contributed by atoms with E-state index in [0.29, 0.717) is 23.3 Å². The van der Waals surface area contributed by atoms with Crippen molar-refractivity contribution < 1.29 is 14.3 Å². The van der Waals surface area contributed by atoms with Gasteiger partial charge in [0.15, 0.2) is 17.7 Å². The van der Waals surface area contributed by atoms with E-state index in [4.69, 9.17) is 4.74 Å². The minimum absolute atomic E-state index is 0.0279. The first-order valence-corrected chi connectivity index (χ1v) is 7.01. The number of benzene rings is 2. The van der Waals surface area contributed by atoms with Crippen LogP contribution in [0.5, 0.6) is 5.75 Å². The summed E-state index contributed by atoms with van der Waals surface area (Å²) in [5.74, 6) is 0.619. The van der Waals surface area contributed by atoms with E-state index in [9.17, 15) is 9.59 Å². The molecule has 0 fully saturated rings. The summed E-state index contributed by atoms with van der Waals surface area (Å²) < 4.78 is 5.55. The molecule has 0 spiro atoms. The zero-order chi connectivity index (χ0) is 15.2. The highest BCUT2D eigenvalue weighted by atomic mass is 16.5. The van der Waals surface area contributed by atoms with Crippen molar-refractivity contribution in [3.05, 3.63) is 65.7 Å². The lowest BCUT2D eigenvalue weighted by molar-refractivity contribution is -0.124. The van der Waals surface area contributed by atoms with Gasteiger partial charge in [0.1, 0.15) is 5.75 Å². The molecule has 108 valence electrons. The van der Waals surface area contributed by atoms with Gasteiger partial charge in [-0.1, -0.05) is 37.3 Å². The molecule has 0 aliphatic rings. The van der Waals surface area contributed by atoms with Gasteiger partial charge < -0.3 is 4.74 Å². The average Bonchev–Trinajstić information content (AvgIpc) is 2.55. The fourth-order valence-electron chi connectivity index (χ4n) is 2.00. The fraction of sp³-hybridized carbons (Fsp3) is 0.222. The van der Waals surface area contributed by atoms with E-state index in [-0.39, 0.29) is 11.6 Å². The van der Waals surface area contributed by atoms with Crippen LogP contribution < -0.4 is 4.74 Å². The molecule has 0 bridgehead atoms. The maximum Gasteiger partial charge on any atom is 0.193 e. The molecule has 21 heavy (non-hydrogen) atoms. The summed E-state index contributed by atoms with van der Waals surface area (Å²) >= 11 is 0. The van der Waals surface area contributed by atoms with Crippen LogP contribution in [0.3, 0.4) is 0 Å². The lowest BCUT2D eigenvalue weighted by Gasteiger charge is -2.13. The Labute approximate surface area is 124 Å². The van der Waals surface area contributed by atoms with Crippen LogP contribution in [-0.4, -0.2) is 17.7 Å². The van der Waals surface area contributed by atoms with Gasteiger partial charge in [0.25, 0.3) is 0 Å². The van der Waals surface area contributed by atoms with Crippen molar-refractivity contribution in [2.75, 3.05) is 0 Å². The van der Waals surface area contributed by atoms with Crippen LogP contribution in [0.4, 0.5) is 0 Å². The lowest BCUT2D eigenvalue weighted by atomic mass is 10.0. The third-order valence-corrected chi connectivity index (χ3v) is 3.27. The predicted octanol–water partition coefficient (Wildman–Crippen LogP) is 3.66. The molecule has 1 unspecified atom stereocenters. The van der Waals surface area contributed by atoms with Crippen molar-refractivity contribution in [2.45, 2.75) is 26.4 Å². The summed E-state index contributed by atoms with van der Waals surface area (Å²) in [6.07, 6.45) is -0.0168. The Morgan fingerprint density at radius 2 is 1.52 bits per heavy atom. The van der Waals surface area contributed by atoms with E-state index in [1.807, 2.05) is 25.1 Å². The zero-order valence-electron chi connectivity index (χ0n) is 12.2. The van der Waals surface area contributed by atoms with Gasteiger partial charge in [0.05, 0.1) is 0 Å². The van der Waals surface area contributed by atoms with Crippen LogP contribution in [0.25, 0.3) is 0 Å². The van der Waals surface area contributed by atoms with Gasteiger partial charge in [-0.15, -0.1) is 0 Å². The standard InChI is InChI=1S/C18H18O3/c1-3-17(19)13(2)21-16-11-9-15(10-12-16)18(20)14-7-5-4-6-8-14/h4-13H,3H2,1-2H3. The second kappa shape index (κ2) is 6.84. The van der Waals surface area contributed by atoms with Crippen LogP contribution in [0.2, 0.25) is 0 Å². The first-order valence-electron chi connectivity index (χ1n) is 7.01. The Morgan fingerprint density at radius 1 is 0.952 bits per heavy atom. The number of Topliss-reactive ketones (excluding diaryl/α,β-unsaturated/α-hetero) is 1. The van der Waals surface area contributed by atoms with Gasteiger partial charge in [0.2, 0.25) is 0 Å². The molecule has 0 radical (unpaired) electrons. The van der Waals surface area contributed by atoms with Crippen LogP contribution in [0, 0.1) is 0 Å².